The first-order valence-corrected chi connectivity index (χ1v) is 7.62. The molecule has 1 aliphatic carbocycles. The topological polar surface area (TPSA) is 108 Å². The fraction of sp³-hybridized carbons (Fsp3) is 0.714. The smallest absolute Gasteiger partial charge is 0.325 e. The molecule has 22 heavy (non-hydrogen) atoms. The Morgan fingerprint density at radius 3 is 2.55 bits per heavy atom. The molecule has 1 heterocycles. The fourth-order valence-corrected chi connectivity index (χ4v) is 2.81. The summed E-state index contributed by atoms with van der Waals surface area (Å²) in [5.74, 6) is -1.05. The van der Waals surface area contributed by atoms with Crippen molar-refractivity contribution in [2.75, 3.05) is 6.54 Å². The van der Waals surface area contributed by atoms with Gasteiger partial charge in [-0.15, -0.1) is 0 Å². The van der Waals surface area contributed by atoms with E-state index in [9.17, 15) is 19.2 Å². The zero-order chi connectivity index (χ0) is 16.3. The lowest BCUT2D eigenvalue weighted by Gasteiger charge is -2.19. The van der Waals surface area contributed by atoms with Crippen LogP contribution in [0.3, 0.4) is 0 Å². The van der Waals surface area contributed by atoms with Crippen molar-refractivity contribution < 1.29 is 19.2 Å². The van der Waals surface area contributed by atoms with Crippen molar-refractivity contribution in [3.8, 4) is 0 Å². The van der Waals surface area contributed by atoms with Crippen LogP contribution in [-0.2, 0) is 9.59 Å². The van der Waals surface area contributed by atoms with Gasteiger partial charge < -0.3 is 10.6 Å². The maximum absolute atomic E-state index is 12.3. The second-order valence-electron chi connectivity index (χ2n) is 5.94. The Hall–Kier alpha value is -2.12. The van der Waals surface area contributed by atoms with E-state index in [1.54, 1.807) is 0 Å². The summed E-state index contributed by atoms with van der Waals surface area (Å²) in [6.45, 7) is 3.27. The van der Waals surface area contributed by atoms with Crippen molar-refractivity contribution in [3.05, 3.63) is 0 Å². The summed E-state index contributed by atoms with van der Waals surface area (Å²) in [7, 11) is 0. The van der Waals surface area contributed by atoms with Crippen LogP contribution in [0.5, 0.6) is 0 Å². The summed E-state index contributed by atoms with van der Waals surface area (Å²) in [5, 5.41) is 7.40. The Morgan fingerprint density at radius 1 is 1.32 bits per heavy atom. The predicted molar refractivity (Wildman–Crippen MR) is 77.9 cm³/mol. The van der Waals surface area contributed by atoms with E-state index in [0.717, 1.165) is 24.2 Å². The van der Waals surface area contributed by atoms with Gasteiger partial charge in [-0.25, -0.2) is 9.59 Å². The molecule has 1 aliphatic heterocycles. The molecule has 0 radical (unpaired) electrons. The zero-order valence-corrected chi connectivity index (χ0v) is 12.9. The van der Waals surface area contributed by atoms with Gasteiger partial charge in [-0.2, -0.15) is 0 Å². The summed E-state index contributed by atoms with van der Waals surface area (Å²) in [6.07, 6.45) is 3.69. The Morgan fingerprint density at radius 2 is 1.95 bits per heavy atom. The minimum atomic E-state index is -0.837. The number of carbonyl (C=O) groups excluding carboxylic acids is 4. The van der Waals surface area contributed by atoms with Gasteiger partial charge >= 0.3 is 12.1 Å². The summed E-state index contributed by atoms with van der Waals surface area (Å²) >= 11 is 0. The molecule has 0 bridgehead atoms. The number of amides is 6. The molecule has 3 N–H and O–H groups in total. The zero-order valence-electron chi connectivity index (χ0n) is 12.9. The van der Waals surface area contributed by atoms with Gasteiger partial charge in [-0.1, -0.05) is 19.8 Å². The Kier molecular flexibility index (Phi) is 4.68. The summed E-state index contributed by atoms with van der Waals surface area (Å²) < 4.78 is 0. The van der Waals surface area contributed by atoms with Gasteiger partial charge in [0.05, 0.1) is 0 Å². The van der Waals surface area contributed by atoms with Gasteiger partial charge in [0.15, 0.2) is 0 Å². The quantitative estimate of drug-likeness (QED) is 0.656. The minimum Gasteiger partial charge on any atom is -0.335 e. The molecule has 0 aromatic rings. The number of hydrogen-bond donors (Lipinski definition) is 3. The maximum Gasteiger partial charge on any atom is 0.325 e. The second kappa shape index (κ2) is 6.33. The van der Waals surface area contributed by atoms with Gasteiger partial charge in [0, 0.05) is 6.04 Å². The molecule has 1 saturated heterocycles. The lowest BCUT2D eigenvalue weighted by molar-refractivity contribution is -0.134. The first-order valence-electron chi connectivity index (χ1n) is 7.62. The average molecular weight is 310 g/mol. The number of nitrogens with zero attached hydrogens (tertiary/aromatic N) is 1. The van der Waals surface area contributed by atoms with E-state index in [2.05, 4.69) is 16.0 Å². The van der Waals surface area contributed by atoms with Crippen molar-refractivity contribution in [3.63, 3.8) is 0 Å². The molecule has 8 heteroatoms. The van der Waals surface area contributed by atoms with Gasteiger partial charge in [0.25, 0.3) is 5.91 Å². The Balaban J connectivity index is 1.90. The van der Waals surface area contributed by atoms with Crippen molar-refractivity contribution >= 4 is 23.9 Å². The highest BCUT2D eigenvalue weighted by molar-refractivity contribution is 6.10. The summed E-state index contributed by atoms with van der Waals surface area (Å²) in [5.41, 5.74) is -0.837. The molecule has 1 saturated carbocycles. The fourth-order valence-electron chi connectivity index (χ4n) is 2.81. The first-order chi connectivity index (χ1) is 10.4. The Bertz CT molecular complexity index is 499. The number of rotatable bonds is 4. The molecular formula is C14H22N4O4. The molecule has 0 aromatic heterocycles. The number of imide groups is 2. The van der Waals surface area contributed by atoms with Crippen LogP contribution in [0.4, 0.5) is 9.59 Å². The third-order valence-corrected chi connectivity index (χ3v) is 4.25. The van der Waals surface area contributed by atoms with E-state index in [1.807, 2.05) is 13.8 Å². The van der Waals surface area contributed by atoms with Crippen LogP contribution in [0.2, 0.25) is 0 Å². The third-order valence-electron chi connectivity index (χ3n) is 4.25. The van der Waals surface area contributed by atoms with E-state index >= 15 is 0 Å². The second-order valence-corrected chi connectivity index (χ2v) is 5.94. The molecule has 2 fully saturated rings. The van der Waals surface area contributed by atoms with Crippen molar-refractivity contribution in [2.24, 2.45) is 0 Å². The monoisotopic (exact) mass is 310 g/mol. The maximum atomic E-state index is 12.3. The van der Waals surface area contributed by atoms with Crippen LogP contribution >= 0.6 is 0 Å². The van der Waals surface area contributed by atoms with Crippen molar-refractivity contribution in [1.82, 2.24) is 20.9 Å². The molecule has 0 aromatic carbocycles. The van der Waals surface area contributed by atoms with E-state index in [-0.39, 0.29) is 11.9 Å². The molecule has 2 rings (SSSR count). The normalized spacial score (nSPS) is 20.9. The molecule has 1 spiro atoms. The highest BCUT2D eigenvalue weighted by Crippen LogP contribution is 2.34. The lowest BCUT2D eigenvalue weighted by atomic mass is 9.98. The lowest BCUT2D eigenvalue weighted by Crippen LogP contribution is -2.48. The van der Waals surface area contributed by atoms with Crippen LogP contribution in [0, 0.1) is 0 Å². The van der Waals surface area contributed by atoms with Crippen LogP contribution in [0.1, 0.15) is 46.0 Å². The summed E-state index contributed by atoms with van der Waals surface area (Å²) in [6, 6.07) is -1.25. The molecule has 0 unspecified atom stereocenters. The Labute approximate surface area is 129 Å². The summed E-state index contributed by atoms with van der Waals surface area (Å²) in [4.78, 5) is 48.5. The van der Waals surface area contributed by atoms with E-state index in [4.69, 9.17) is 0 Å². The molecular weight excluding hydrogens is 288 g/mol. The molecule has 2 aliphatic rings. The largest absolute Gasteiger partial charge is 0.335 e. The average Bonchev–Trinajstić information content (AvgIpc) is 3.00. The predicted octanol–water partition coefficient (Wildman–Crippen LogP) is 0.475. The number of nitrogens with one attached hydrogen (secondary N) is 3. The van der Waals surface area contributed by atoms with Gasteiger partial charge in [0.2, 0.25) is 5.91 Å². The highest BCUT2D eigenvalue weighted by Gasteiger charge is 2.52. The molecule has 6 amide bonds. The molecule has 122 valence electrons. The first kappa shape index (κ1) is 16.3. The van der Waals surface area contributed by atoms with E-state index in [0.29, 0.717) is 12.8 Å². The number of hydrogen-bond acceptors (Lipinski definition) is 4. The van der Waals surface area contributed by atoms with Gasteiger partial charge in [-0.05, 0) is 26.2 Å². The van der Waals surface area contributed by atoms with Crippen LogP contribution in [0.25, 0.3) is 0 Å². The standard InChI is InChI=1S/C14H22N4O4/c1-3-9(2)15-12(21)16-10(19)8-18-11(20)14(17-13(18)22)6-4-5-7-14/h9H,3-8H2,1-2H3,(H,17,22)(H2,15,16,19,21)/t9-/m1/s1. The number of carbonyl (C=O) groups is 4. The third kappa shape index (κ3) is 3.20. The van der Waals surface area contributed by atoms with Gasteiger partial charge in [-0.3, -0.25) is 19.8 Å². The van der Waals surface area contributed by atoms with Crippen LogP contribution < -0.4 is 16.0 Å². The molecule has 1 atom stereocenters. The van der Waals surface area contributed by atoms with Crippen LogP contribution in [-0.4, -0.2) is 46.9 Å². The number of urea groups is 2. The highest BCUT2D eigenvalue weighted by atomic mass is 16.2. The van der Waals surface area contributed by atoms with Crippen molar-refractivity contribution in [1.29, 1.82) is 0 Å². The van der Waals surface area contributed by atoms with Crippen molar-refractivity contribution in [2.45, 2.75) is 57.5 Å². The SMILES string of the molecule is CC[C@@H](C)NC(=O)NC(=O)CN1C(=O)NC2(CCCC2)C1=O. The molecule has 8 nitrogen and oxygen atoms in total. The van der Waals surface area contributed by atoms with E-state index < -0.39 is 30.1 Å². The van der Waals surface area contributed by atoms with E-state index in [1.165, 1.54) is 0 Å². The van der Waals surface area contributed by atoms with Crippen LogP contribution in [0.15, 0.2) is 0 Å². The minimum absolute atomic E-state index is 0.0636. The van der Waals surface area contributed by atoms with Gasteiger partial charge in [0.1, 0.15) is 12.1 Å².